The third-order valence-corrected chi connectivity index (χ3v) is 4.81. The van der Waals surface area contributed by atoms with Gasteiger partial charge in [-0.05, 0) is 25.7 Å². The molecule has 2 aromatic heterocycles. The van der Waals surface area contributed by atoms with E-state index in [1.807, 2.05) is 0 Å². The van der Waals surface area contributed by atoms with Crippen molar-refractivity contribution < 1.29 is 4.74 Å². The molecule has 1 aliphatic heterocycles. The van der Waals surface area contributed by atoms with Crippen molar-refractivity contribution in [3.8, 4) is 11.5 Å². The quantitative estimate of drug-likeness (QED) is 0.790. The fourth-order valence-corrected chi connectivity index (χ4v) is 3.58. The van der Waals surface area contributed by atoms with E-state index in [2.05, 4.69) is 31.7 Å². The molecule has 0 bridgehead atoms. The Kier molecular flexibility index (Phi) is 4.82. The molecule has 6 nitrogen and oxygen atoms in total. The first-order valence-electron chi connectivity index (χ1n) is 7.28. The van der Waals surface area contributed by atoms with Gasteiger partial charge in [0.1, 0.15) is 5.69 Å². The van der Waals surface area contributed by atoms with Crippen molar-refractivity contribution in [2.75, 3.05) is 19.0 Å². The molecule has 2 aromatic rings. The summed E-state index contributed by atoms with van der Waals surface area (Å²) in [5, 5.41) is 9.57. The second-order valence-corrected chi connectivity index (χ2v) is 6.00. The maximum absolute atomic E-state index is 5.40. The van der Waals surface area contributed by atoms with Crippen molar-refractivity contribution >= 4 is 11.8 Å². The number of nitrogens with zero attached hydrogens (tertiary/aromatic N) is 5. The van der Waals surface area contributed by atoms with E-state index in [1.165, 1.54) is 0 Å². The summed E-state index contributed by atoms with van der Waals surface area (Å²) in [6, 6.07) is 0. The Morgan fingerprint density at radius 2 is 2.14 bits per heavy atom. The predicted molar refractivity (Wildman–Crippen MR) is 81.0 cm³/mol. The molecule has 0 saturated carbocycles. The van der Waals surface area contributed by atoms with Crippen LogP contribution in [0.1, 0.15) is 19.8 Å². The summed E-state index contributed by atoms with van der Waals surface area (Å²) in [5.41, 5.74) is 0.768. The maximum atomic E-state index is 5.40. The molecule has 0 aliphatic carbocycles. The Bertz CT molecular complexity index is 568. The van der Waals surface area contributed by atoms with E-state index in [0.29, 0.717) is 5.92 Å². The summed E-state index contributed by atoms with van der Waals surface area (Å²) in [4.78, 5) is 8.41. The molecular formula is C14H19N5OS. The summed E-state index contributed by atoms with van der Waals surface area (Å²) < 4.78 is 7.51. The molecule has 1 aliphatic rings. The molecule has 3 heterocycles. The van der Waals surface area contributed by atoms with Gasteiger partial charge in [0.15, 0.2) is 11.0 Å². The zero-order valence-corrected chi connectivity index (χ0v) is 12.9. The minimum atomic E-state index is 0.714. The lowest BCUT2D eigenvalue weighted by atomic mass is 10.0. The third kappa shape index (κ3) is 3.41. The molecule has 0 aromatic carbocycles. The van der Waals surface area contributed by atoms with Crippen LogP contribution >= 0.6 is 11.8 Å². The van der Waals surface area contributed by atoms with Crippen molar-refractivity contribution in [3.63, 3.8) is 0 Å². The van der Waals surface area contributed by atoms with E-state index in [1.54, 1.807) is 30.4 Å². The van der Waals surface area contributed by atoms with Gasteiger partial charge in [0.2, 0.25) is 0 Å². The topological polar surface area (TPSA) is 65.7 Å². The number of aromatic nitrogens is 5. The van der Waals surface area contributed by atoms with Crippen LogP contribution in [-0.2, 0) is 11.3 Å². The third-order valence-electron chi connectivity index (χ3n) is 3.61. The normalized spacial score (nSPS) is 16.2. The first-order valence-corrected chi connectivity index (χ1v) is 8.27. The molecule has 1 saturated heterocycles. The van der Waals surface area contributed by atoms with E-state index in [4.69, 9.17) is 4.74 Å². The first-order chi connectivity index (χ1) is 10.4. The lowest BCUT2D eigenvalue weighted by Gasteiger charge is -2.21. The molecule has 0 radical (unpaired) electrons. The Labute approximate surface area is 128 Å². The summed E-state index contributed by atoms with van der Waals surface area (Å²) in [5.74, 6) is 2.58. The average molecular weight is 305 g/mol. The lowest BCUT2D eigenvalue weighted by Crippen LogP contribution is -2.17. The summed E-state index contributed by atoms with van der Waals surface area (Å²) in [6.45, 7) is 4.70. The maximum Gasteiger partial charge on any atom is 0.191 e. The van der Waals surface area contributed by atoms with Gasteiger partial charge < -0.3 is 9.30 Å². The second-order valence-electron chi connectivity index (χ2n) is 5.01. The number of hydrogen-bond donors (Lipinski definition) is 0. The van der Waals surface area contributed by atoms with Crippen molar-refractivity contribution in [3.05, 3.63) is 18.6 Å². The van der Waals surface area contributed by atoms with Gasteiger partial charge in [-0.1, -0.05) is 11.8 Å². The molecule has 3 rings (SSSR count). The smallest absolute Gasteiger partial charge is 0.191 e. The van der Waals surface area contributed by atoms with Gasteiger partial charge >= 0.3 is 0 Å². The highest BCUT2D eigenvalue weighted by Gasteiger charge is 2.18. The highest BCUT2D eigenvalue weighted by atomic mass is 32.2. The van der Waals surface area contributed by atoms with Gasteiger partial charge in [0, 0.05) is 37.9 Å². The van der Waals surface area contributed by atoms with Crippen LogP contribution in [0, 0.1) is 5.92 Å². The lowest BCUT2D eigenvalue weighted by molar-refractivity contribution is 0.0727. The zero-order chi connectivity index (χ0) is 14.5. The Hall–Kier alpha value is -1.47. The van der Waals surface area contributed by atoms with Crippen LogP contribution in [0.25, 0.3) is 11.5 Å². The number of ether oxygens (including phenoxy) is 1. The van der Waals surface area contributed by atoms with Gasteiger partial charge in [0.25, 0.3) is 0 Å². The minimum absolute atomic E-state index is 0.714. The molecular weight excluding hydrogens is 286 g/mol. The van der Waals surface area contributed by atoms with Crippen LogP contribution in [0.5, 0.6) is 0 Å². The molecule has 112 valence electrons. The largest absolute Gasteiger partial charge is 0.381 e. The first kappa shape index (κ1) is 14.5. The van der Waals surface area contributed by atoms with E-state index < -0.39 is 0 Å². The molecule has 0 atom stereocenters. The molecule has 0 amide bonds. The molecule has 0 spiro atoms. The minimum Gasteiger partial charge on any atom is -0.381 e. The molecule has 0 N–H and O–H groups in total. The number of thioether (sulfide) groups is 1. The van der Waals surface area contributed by atoms with Crippen LogP contribution < -0.4 is 0 Å². The van der Waals surface area contributed by atoms with Crippen LogP contribution in [-0.4, -0.2) is 43.7 Å². The van der Waals surface area contributed by atoms with Crippen LogP contribution in [0.4, 0.5) is 0 Å². The average Bonchev–Trinajstić information content (AvgIpc) is 2.97. The zero-order valence-electron chi connectivity index (χ0n) is 12.1. The highest BCUT2D eigenvalue weighted by Crippen LogP contribution is 2.27. The fraction of sp³-hybridized carbons (Fsp3) is 0.571. The summed E-state index contributed by atoms with van der Waals surface area (Å²) >= 11 is 1.78. The van der Waals surface area contributed by atoms with Crippen molar-refractivity contribution in [2.24, 2.45) is 5.92 Å². The van der Waals surface area contributed by atoms with Gasteiger partial charge in [-0.15, -0.1) is 10.2 Å². The van der Waals surface area contributed by atoms with Crippen LogP contribution in [0.3, 0.4) is 0 Å². The number of hydrogen-bond acceptors (Lipinski definition) is 6. The monoisotopic (exact) mass is 305 g/mol. The second kappa shape index (κ2) is 7.00. The molecule has 0 unspecified atom stereocenters. The molecule has 1 fully saturated rings. The van der Waals surface area contributed by atoms with E-state index in [0.717, 1.165) is 55.0 Å². The molecule has 21 heavy (non-hydrogen) atoms. The van der Waals surface area contributed by atoms with E-state index in [9.17, 15) is 0 Å². The van der Waals surface area contributed by atoms with E-state index in [-0.39, 0.29) is 0 Å². The Balaban J connectivity index is 1.72. The Morgan fingerprint density at radius 3 is 2.86 bits per heavy atom. The van der Waals surface area contributed by atoms with Crippen molar-refractivity contribution in [1.82, 2.24) is 24.7 Å². The van der Waals surface area contributed by atoms with Crippen molar-refractivity contribution in [2.45, 2.75) is 31.5 Å². The summed E-state index contributed by atoms with van der Waals surface area (Å²) in [7, 11) is 0. The van der Waals surface area contributed by atoms with E-state index >= 15 is 0 Å². The van der Waals surface area contributed by atoms with Crippen LogP contribution in [0.15, 0.2) is 23.7 Å². The Morgan fingerprint density at radius 1 is 1.29 bits per heavy atom. The summed E-state index contributed by atoms with van der Waals surface area (Å²) in [6.07, 6.45) is 7.35. The van der Waals surface area contributed by atoms with Gasteiger partial charge in [-0.3, -0.25) is 4.98 Å². The predicted octanol–water partition coefficient (Wildman–Crippen LogP) is 2.27. The SMILES string of the molecule is CCn1c(SCC2CCOCC2)nnc1-c1cnccn1. The fourth-order valence-electron chi connectivity index (χ4n) is 2.39. The highest BCUT2D eigenvalue weighted by molar-refractivity contribution is 7.99. The van der Waals surface area contributed by atoms with Crippen molar-refractivity contribution in [1.29, 1.82) is 0 Å². The van der Waals surface area contributed by atoms with Crippen LogP contribution in [0.2, 0.25) is 0 Å². The van der Waals surface area contributed by atoms with Gasteiger partial charge in [-0.25, -0.2) is 4.98 Å². The molecule has 7 heteroatoms. The van der Waals surface area contributed by atoms with Gasteiger partial charge in [0.05, 0.1) is 6.20 Å². The number of rotatable bonds is 5. The van der Waals surface area contributed by atoms with Gasteiger partial charge in [-0.2, -0.15) is 0 Å². The standard InChI is InChI=1S/C14H19N5OS/c1-2-19-13(12-9-15-5-6-16-12)17-18-14(19)21-10-11-3-7-20-8-4-11/h5-6,9,11H,2-4,7-8,10H2,1H3.